The molecule has 0 fully saturated rings. The molecule has 0 aliphatic heterocycles. The van der Waals surface area contributed by atoms with Crippen molar-refractivity contribution in [2.45, 2.75) is 12.8 Å². The molecule has 5 heteroatoms. The molecule has 0 aliphatic rings. The zero-order chi connectivity index (χ0) is 15.8. The predicted molar refractivity (Wildman–Crippen MR) is 96.4 cm³/mol. The number of methoxy groups -OCH3 is 1. The summed E-state index contributed by atoms with van der Waals surface area (Å²) >= 11 is 2.13. The number of carbonyl (C=O) groups excluding carboxylic acids is 1. The first kappa shape index (κ1) is 16.5. The van der Waals surface area contributed by atoms with Gasteiger partial charge in [0.2, 0.25) is 0 Å². The van der Waals surface area contributed by atoms with Crippen molar-refractivity contribution in [3.63, 3.8) is 0 Å². The van der Waals surface area contributed by atoms with Gasteiger partial charge in [-0.25, -0.2) is 5.43 Å². The van der Waals surface area contributed by atoms with Crippen LogP contribution in [-0.4, -0.2) is 19.2 Å². The van der Waals surface area contributed by atoms with Crippen molar-refractivity contribution in [1.29, 1.82) is 0 Å². The maximum absolute atomic E-state index is 12.0. The molecule has 2 rings (SSSR count). The highest BCUT2D eigenvalue weighted by Gasteiger charge is 2.07. The molecule has 0 aromatic heterocycles. The lowest BCUT2D eigenvalue weighted by atomic mass is 10.1. The largest absolute Gasteiger partial charge is 0.496 e. The monoisotopic (exact) mass is 408 g/mol. The second kappa shape index (κ2) is 8.53. The van der Waals surface area contributed by atoms with Gasteiger partial charge in [0, 0.05) is 11.8 Å². The fourth-order valence-electron chi connectivity index (χ4n) is 1.92. The van der Waals surface area contributed by atoms with Crippen molar-refractivity contribution in [1.82, 2.24) is 5.43 Å². The number of halogens is 1. The minimum Gasteiger partial charge on any atom is -0.496 e. The van der Waals surface area contributed by atoms with Crippen molar-refractivity contribution in [3.05, 3.63) is 63.2 Å². The minimum atomic E-state index is -0.225. The van der Waals surface area contributed by atoms with Gasteiger partial charge >= 0.3 is 0 Å². The number of hydrazone groups is 1. The third-order valence-corrected chi connectivity index (χ3v) is 3.92. The van der Waals surface area contributed by atoms with Crippen LogP contribution in [0.5, 0.6) is 5.75 Å². The van der Waals surface area contributed by atoms with Crippen molar-refractivity contribution in [2.75, 3.05) is 7.11 Å². The number of ether oxygens (including phenoxy) is 1. The smallest absolute Gasteiger partial charge is 0.271 e. The Bertz CT molecular complexity index is 657. The molecule has 114 valence electrons. The van der Waals surface area contributed by atoms with E-state index >= 15 is 0 Å². The maximum Gasteiger partial charge on any atom is 0.271 e. The van der Waals surface area contributed by atoms with Gasteiger partial charge in [0.1, 0.15) is 5.75 Å². The Hall–Kier alpha value is -1.89. The lowest BCUT2D eigenvalue weighted by Gasteiger charge is -2.05. The zero-order valence-corrected chi connectivity index (χ0v) is 14.4. The first-order valence-electron chi connectivity index (χ1n) is 6.90. The Morgan fingerprint density at radius 2 is 2.05 bits per heavy atom. The molecule has 0 unspecified atom stereocenters. The van der Waals surface area contributed by atoms with Crippen molar-refractivity contribution < 1.29 is 9.53 Å². The number of amides is 1. The van der Waals surface area contributed by atoms with Crippen molar-refractivity contribution >= 4 is 34.7 Å². The average Bonchev–Trinajstić information content (AvgIpc) is 2.55. The highest BCUT2D eigenvalue weighted by molar-refractivity contribution is 14.1. The normalized spacial score (nSPS) is 10.6. The fraction of sp³-hybridized carbons (Fsp3) is 0.176. The summed E-state index contributed by atoms with van der Waals surface area (Å²) in [5.74, 6) is 0.528. The van der Waals surface area contributed by atoms with E-state index in [9.17, 15) is 4.79 Å². The van der Waals surface area contributed by atoms with Crippen molar-refractivity contribution in [3.8, 4) is 5.75 Å². The Morgan fingerprint density at radius 1 is 1.27 bits per heavy atom. The van der Waals surface area contributed by atoms with Crippen LogP contribution >= 0.6 is 22.6 Å². The molecule has 0 radical (unpaired) electrons. The summed E-state index contributed by atoms with van der Waals surface area (Å²) in [4.78, 5) is 12.0. The molecule has 0 spiro atoms. The maximum atomic E-state index is 12.0. The second-order valence-corrected chi connectivity index (χ2v) is 5.79. The quantitative estimate of drug-likeness (QED) is 0.451. The molecular formula is C17H17IN2O2. The number of nitrogens with one attached hydrogen (secondary N) is 1. The van der Waals surface area contributed by atoms with E-state index in [1.807, 2.05) is 18.2 Å². The summed E-state index contributed by atoms with van der Waals surface area (Å²) in [6, 6.07) is 15.4. The van der Waals surface area contributed by atoms with Crippen LogP contribution in [0.1, 0.15) is 22.3 Å². The van der Waals surface area contributed by atoms with Gasteiger partial charge in [0.05, 0.1) is 10.7 Å². The van der Waals surface area contributed by atoms with Crippen LogP contribution in [0.15, 0.2) is 53.6 Å². The molecular weight excluding hydrogens is 391 g/mol. The molecule has 0 saturated carbocycles. The summed E-state index contributed by atoms with van der Waals surface area (Å²) in [6.07, 6.45) is 3.41. The standard InChI is InChI=1S/C17H17IN2O2/c1-22-16-10-9-14(12-15(16)18)17(21)20-19-11-5-8-13-6-3-2-4-7-13/h2-4,6-7,9-12H,5,8H2,1H3,(H,20,21). The molecule has 0 saturated heterocycles. The third kappa shape index (κ3) is 4.84. The van der Waals surface area contributed by atoms with Crippen LogP contribution in [0, 0.1) is 3.57 Å². The van der Waals surface area contributed by atoms with Gasteiger partial charge in [0.25, 0.3) is 5.91 Å². The number of hydrogen-bond acceptors (Lipinski definition) is 3. The topological polar surface area (TPSA) is 50.7 Å². The predicted octanol–water partition coefficient (Wildman–Crippen LogP) is 3.65. The van der Waals surface area contributed by atoms with E-state index in [0.717, 1.165) is 22.2 Å². The number of benzene rings is 2. The van der Waals surface area contributed by atoms with E-state index in [-0.39, 0.29) is 5.91 Å². The van der Waals surface area contributed by atoms with Crippen LogP contribution in [-0.2, 0) is 6.42 Å². The lowest BCUT2D eigenvalue weighted by Crippen LogP contribution is -2.17. The minimum absolute atomic E-state index is 0.225. The van der Waals surface area contributed by atoms with Gasteiger partial charge in [-0.2, -0.15) is 5.10 Å². The Kier molecular flexibility index (Phi) is 6.39. The molecule has 22 heavy (non-hydrogen) atoms. The summed E-state index contributed by atoms with van der Waals surface area (Å²) in [5, 5.41) is 3.98. The molecule has 2 aromatic carbocycles. The van der Waals surface area contributed by atoms with Crippen LogP contribution in [0.3, 0.4) is 0 Å². The van der Waals surface area contributed by atoms with Gasteiger partial charge < -0.3 is 4.74 Å². The highest BCUT2D eigenvalue weighted by Crippen LogP contribution is 2.21. The number of nitrogens with zero attached hydrogens (tertiary/aromatic N) is 1. The molecule has 2 aromatic rings. The van der Waals surface area contributed by atoms with Crippen LogP contribution in [0.25, 0.3) is 0 Å². The summed E-state index contributed by atoms with van der Waals surface area (Å²) in [7, 11) is 1.61. The van der Waals surface area contributed by atoms with Crippen LogP contribution in [0.4, 0.5) is 0 Å². The number of carbonyl (C=O) groups is 1. The molecule has 0 aliphatic carbocycles. The first-order chi connectivity index (χ1) is 10.7. The molecule has 1 amide bonds. The summed E-state index contributed by atoms with van der Waals surface area (Å²) < 4.78 is 6.06. The van der Waals surface area contributed by atoms with Gasteiger partial charge in [-0.3, -0.25) is 4.79 Å². The number of hydrogen-bond donors (Lipinski definition) is 1. The lowest BCUT2D eigenvalue weighted by molar-refractivity contribution is 0.0955. The number of aryl methyl sites for hydroxylation is 1. The summed E-state index contributed by atoms with van der Waals surface area (Å²) in [6.45, 7) is 0. The molecule has 1 N–H and O–H groups in total. The summed E-state index contributed by atoms with van der Waals surface area (Å²) in [5.41, 5.74) is 4.35. The number of rotatable bonds is 6. The van der Waals surface area contributed by atoms with Crippen molar-refractivity contribution in [2.24, 2.45) is 5.10 Å². The van der Waals surface area contributed by atoms with Gasteiger partial charge in [0.15, 0.2) is 0 Å². The SMILES string of the molecule is COc1ccc(C(=O)NN=CCCc2ccccc2)cc1I. The second-order valence-electron chi connectivity index (χ2n) is 4.63. The molecule has 4 nitrogen and oxygen atoms in total. The Morgan fingerprint density at radius 3 is 2.73 bits per heavy atom. The van der Waals surface area contributed by atoms with E-state index < -0.39 is 0 Å². The van der Waals surface area contributed by atoms with E-state index in [2.05, 4.69) is 45.3 Å². The van der Waals surface area contributed by atoms with E-state index in [1.165, 1.54) is 5.56 Å². The van der Waals surface area contributed by atoms with E-state index in [0.29, 0.717) is 5.56 Å². The van der Waals surface area contributed by atoms with Gasteiger partial charge in [-0.1, -0.05) is 30.3 Å². The van der Waals surface area contributed by atoms with E-state index in [4.69, 9.17) is 4.74 Å². The van der Waals surface area contributed by atoms with Gasteiger partial charge in [-0.05, 0) is 59.2 Å². The van der Waals surface area contributed by atoms with Crippen LogP contribution in [0.2, 0.25) is 0 Å². The highest BCUT2D eigenvalue weighted by atomic mass is 127. The third-order valence-electron chi connectivity index (χ3n) is 3.08. The van der Waals surface area contributed by atoms with Crippen LogP contribution < -0.4 is 10.2 Å². The average molecular weight is 408 g/mol. The molecule has 0 bridgehead atoms. The first-order valence-corrected chi connectivity index (χ1v) is 7.98. The molecule has 0 atom stereocenters. The molecule has 0 heterocycles. The van der Waals surface area contributed by atoms with Gasteiger partial charge in [-0.15, -0.1) is 0 Å². The Balaban J connectivity index is 1.82. The zero-order valence-electron chi connectivity index (χ0n) is 12.3. The fourth-order valence-corrected chi connectivity index (χ4v) is 2.65. The van der Waals surface area contributed by atoms with E-state index in [1.54, 1.807) is 31.5 Å². The Labute approximate surface area is 143 Å².